The van der Waals surface area contributed by atoms with E-state index in [1.165, 1.54) is 11.1 Å². The van der Waals surface area contributed by atoms with Crippen LogP contribution in [0, 0.1) is 0 Å². The van der Waals surface area contributed by atoms with Crippen molar-refractivity contribution in [3.05, 3.63) is 65.7 Å². The predicted molar refractivity (Wildman–Crippen MR) is 84.2 cm³/mol. The van der Waals surface area contributed by atoms with Gasteiger partial charge in [0, 0.05) is 6.04 Å². The van der Waals surface area contributed by atoms with Crippen molar-refractivity contribution in [1.82, 2.24) is 5.32 Å². The lowest BCUT2D eigenvalue weighted by molar-refractivity contribution is 0.340. The van der Waals surface area contributed by atoms with Crippen LogP contribution in [0.15, 0.2) is 54.6 Å². The van der Waals surface area contributed by atoms with Crippen molar-refractivity contribution in [3.8, 4) is 5.75 Å². The molecule has 0 spiro atoms. The molecule has 0 aliphatic heterocycles. The highest BCUT2D eigenvalue weighted by molar-refractivity contribution is 5.27. The van der Waals surface area contributed by atoms with Crippen molar-refractivity contribution in [3.63, 3.8) is 0 Å². The summed E-state index contributed by atoms with van der Waals surface area (Å²) in [6.45, 7) is 2.72. The molecule has 0 aliphatic carbocycles. The lowest BCUT2D eigenvalue weighted by Gasteiger charge is -2.16. The maximum atomic E-state index is 5.46. The summed E-state index contributed by atoms with van der Waals surface area (Å²) in [5.74, 6) is 0.949. The molecule has 0 amide bonds. The quantitative estimate of drug-likeness (QED) is 0.821. The fraction of sp³-hybridized carbons (Fsp3) is 0.333. The van der Waals surface area contributed by atoms with Gasteiger partial charge in [-0.25, -0.2) is 0 Å². The summed E-state index contributed by atoms with van der Waals surface area (Å²) in [5.41, 5.74) is 2.70. The van der Waals surface area contributed by atoms with E-state index in [4.69, 9.17) is 4.74 Å². The molecule has 0 saturated carbocycles. The lowest BCUT2D eigenvalue weighted by Crippen LogP contribution is -2.16. The molecule has 0 radical (unpaired) electrons. The molecule has 0 heterocycles. The Labute approximate surface area is 121 Å². The van der Waals surface area contributed by atoms with Crippen molar-refractivity contribution in [1.29, 1.82) is 0 Å². The van der Waals surface area contributed by atoms with Crippen molar-refractivity contribution < 1.29 is 4.74 Å². The summed E-state index contributed by atoms with van der Waals surface area (Å²) in [4.78, 5) is 0. The minimum atomic E-state index is 0.405. The Balaban J connectivity index is 1.93. The molecule has 2 rings (SSSR count). The third kappa shape index (κ3) is 4.10. The first-order valence-electron chi connectivity index (χ1n) is 7.27. The van der Waals surface area contributed by atoms with Crippen LogP contribution in [0.25, 0.3) is 0 Å². The van der Waals surface area contributed by atoms with E-state index in [0.29, 0.717) is 6.04 Å². The van der Waals surface area contributed by atoms with Gasteiger partial charge in [0.25, 0.3) is 0 Å². The zero-order valence-corrected chi connectivity index (χ0v) is 12.3. The maximum Gasteiger partial charge on any atom is 0.119 e. The van der Waals surface area contributed by atoms with Crippen LogP contribution in [0.5, 0.6) is 5.75 Å². The molecule has 1 atom stereocenters. The first-order chi connectivity index (χ1) is 9.83. The normalized spacial score (nSPS) is 12.1. The molecule has 2 nitrogen and oxygen atoms in total. The molecule has 1 unspecified atom stereocenters. The van der Waals surface area contributed by atoms with Gasteiger partial charge in [-0.15, -0.1) is 0 Å². The first-order valence-corrected chi connectivity index (χ1v) is 7.27. The minimum Gasteiger partial charge on any atom is -0.494 e. The van der Waals surface area contributed by atoms with E-state index in [9.17, 15) is 0 Å². The Morgan fingerprint density at radius 1 is 1.00 bits per heavy atom. The minimum absolute atomic E-state index is 0.405. The van der Waals surface area contributed by atoms with Gasteiger partial charge in [-0.1, -0.05) is 42.5 Å². The van der Waals surface area contributed by atoms with E-state index in [0.717, 1.165) is 25.2 Å². The number of rotatable bonds is 7. The Morgan fingerprint density at radius 3 is 2.30 bits per heavy atom. The van der Waals surface area contributed by atoms with Gasteiger partial charge in [0.15, 0.2) is 0 Å². The average molecular weight is 269 g/mol. The number of benzene rings is 2. The van der Waals surface area contributed by atoms with Gasteiger partial charge in [0.05, 0.1) is 6.61 Å². The van der Waals surface area contributed by atoms with E-state index < -0.39 is 0 Å². The van der Waals surface area contributed by atoms with Crippen molar-refractivity contribution in [2.75, 3.05) is 13.7 Å². The summed E-state index contributed by atoms with van der Waals surface area (Å²) in [6.07, 6.45) is 2.15. The molecule has 106 valence electrons. The van der Waals surface area contributed by atoms with Gasteiger partial charge in [-0.3, -0.25) is 0 Å². The van der Waals surface area contributed by atoms with Gasteiger partial charge in [0.2, 0.25) is 0 Å². The fourth-order valence-corrected chi connectivity index (χ4v) is 2.39. The first kappa shape index (κ1) is 14.6. The Morgan fingerprint density at radius 2 is 1.70 bits per heavy atom. The van der Waals surface area contributed by atoms with Crippen LogP contribution < -0.4 is 10.1 Å². The third-order valence-corrected chi connectivity index (χ3v) is 3.51. The summed E-state index contributed by atoms with van der Waals surface area (Å²) in [5, 5.41) is 3.40. The summed E-state index contributed by atoms with van der Waals surface area (Å²) >= 11 is 0. The third-order valence-electron chi connectivity index (χ3n) is 3.51. The monoisotopic (exact) mass is 269 g/mol. The number of aryl methyl sites for hydroxylation is 1. The van der Waals surface area contributed by atoms with E-state index in [1.807, 2.05) is 14.0 Å². The molecular formula is C18H23NO. The standard InChI is InChI=1S/C18H23NO/c1-3-20-17-12-9-15(10-13-17)11-14-18(19-2)16-7-5-4-6-8-16/h4-10,12-13,18-19H,3,11,14H2,1-2H3. The molecule has 2 aromatic carbocycles. The predicted octanol–water partition coefficient (Wildman–Crippen LogP) is 3.98. The number of nitrogens with one attached hydrogen (secondary N) is 1. The molecule has 20 heavy (non-hydrogen) atoms. The van der Waals surface area contributed by atoms with Crippen molar-refractivity contribution >= 4 is 0 Å². The average Bonchev–Trinajstić information content (AvgIpc) is 2.51. The summed E-state index contributed by atoms with van der Waals surface area (Å²) in [7, 11) is 2.02. The van der Waals surface area contributed by atoms with Crippen LogP contribution >= 0.6 is 0 Å². The molecule has 0 bridgehead atoms. The number of ether oxygens (including phenoxy) is 1. The second-order valence-corrected chi connectivity index (χ2v) is 4.87. The topological polar surface area (TPSA) is 21.3 Å². The summed E-state index contributed by atoms with van der Waals surface area (Å²) < 4.78 is 5.46. The van der Waals surface area contributed by atoms with Gasteiger partial charge >= 0.3 is 0 Å². The number of hydrogen-bond acceptors (Lipinski definition) is 2. The molecule has 0 saturated heterocycles. The molecule has 2 heteroatoms. The van der Waals surface area contributed by atoms with E-state index >= 15 is 0 Å². The molecule has 0 fully saturated rings. The molecular weight excluding hydrogens is 246 g/mol. The second kappa shape index (κ2) is 7.71. The fourth-order valence-electron chi connectivity index (χ4n) is 2.39. The lowest BCUT2D eigenvalue weighted by atomic mass is 9.99. The Bertz CT molecular complexity index is 493. The molecule has 0 aliphatic rings. The highest BCUT2D eigenvalue weighted by Gasteiger charge is 2.08. The van der Waals surface area contributed by atoms with Gasteiger partial charge < -0.3 is 10.1 Å². The van der Waals surface area contributed by atoms with Crippen LogP contribution in [-0.4, -0.2) is 13.7 Å². The van der Waals surface area contributed by atoms with Gasteiger partial charge in [-0.05, 0) is 50.1 Å². The highest BCUT2D eigenvalue weighted by Crippen LogP contribution is 2.20. The smallest absolute Gasteiger partial charge is 0.119 e. The largest absolute Gasteiger partial charge is 0.494 e. The molecule has 2 aromatic rings. The van der Waals surface area contributed by atoms with Gasteiger partial charge in [0.1, 0.15) is 5.75 Å². The maximum absolute atomic E-state index is 5.46. The second-order valence-electron chi connectivity index (χ2n) is 4.87. The Hall–Kier alpha value is -1.80. The highest BCUT2D eigenvalue weighted by atomic mass is 16.5. The van der Waals surface area contributed by atoms with Crippen molar-refractivity contribution in [2.24, 2.45) is 0 Å². The van der Waals surface area contributed by atoms with Gasteiger partial charge in [-0.2, -0.15) is 0 Å². The molecule has 1 N–H and O–H groups in total. The van der Waals surface area contributed by atoms with Crippen LogP contribution in [0.2, 0.25) is 0 Å². The van der Waals surface area contributed by atoms with E-state index in [1.54, 1.807) is 0 Å². The van der Waals surface area contributed by atoms with Crippen LogP contribution in [0.1, 0.15) is 30.5 Å². The van der Waals surface area contributed by atoms with E-state index in [-0.39, 0.29) is 0 Å². The van der Waals surface area contributed by atoms with Crippen molar-refractivity contribution in [2.45, 2.75) is 25.8 Å². The van der Waals surface area contributed by atoms with Crippen LogP contribution in [0.4, 0.5) is 0 Å². The Kier molecular flexibility index (Phi) is 5.63. The SMILES string of the molecule is CCOc1ccc(CCC(NC)c2ccccc2)cc1. The zero-order chi connectivity index (χ0) is 14.2. The zero-order valence-electron chi connectivity index (χ0n) is 12.3. The number of hydrogen-bond donors (Lipinski definition) is 1. The van der Waals surface area contributed by atoms with Crippen LogP contribution in [0.3, 0.4) is 0 Å². The summed E-state index contributed by atoms with van der Waals surface area (Å²) in [6, 6.07) is 19.4. The van der Waals surface area contributed by atoms with Crippen LogP contribution in [-0.2, 0) is 6.42 Å². The molecule has 0 aromatic heterocycles. The van der Waals surface area contributed by atoms with E-state index in [2.05, 4.69) is 59.9 Å².